The fraction of sp³-hybridized carbons (Fsp3) is 0.364. The van der Waals surface area contributed by atoms with Gasteiger partial charge in [-0.3, -0.25) is 4.79 Å². The van der Waals surface area contributed by atoms with Crippen LogP contribution in [0.4, 0.5) is 5.82 Å². The van der Waals surface area contributed by atoms with Crippen molar-refractivity contribution in [1.82, 2.24) is 24.6 Å². The van der Waals surface area contributed by atoms with Crippen LogP contribution in [0.25, 0.3) is 11.0 Å². The number of ether oxygens (including phenoxy) is 2. The van der Waals surface area contributed by atoms with Gasteiger partial charge in [-0.2, -0.15) is 5.10 Å². The molecule has 10 heteroatoms. The van der Waals surface area contributed by atoms with Crippen molar-refractivity contribution in [2.75, 3.05) is 33.0 Å². The maximum atomic E-state index is 12.2. The summed E-state index contributed by atoms with van der Waals surface area (Å²) in [5.74, 6) is 7.83. The van der Waals surface area contributed by atoms with Crippen LogP contribution >= 0.6 is 0 Å². The molecule has 4 rings (SSSR count). The Morgan fingerprint density at radius 1 is 1.22 bits per heavy atom. The SMILES string of the molecule is [B]CCC(=O)N1CC[C@H](n2nc(C#Cc3cc(OC)cc(OC)c3)c3c(N)ncnc32)C1. The first kappa shape index (κ1) is 21.5. The van der Waals surface area contributed by atoms with Gasteiger partial charge >= 0.3 is 0 Å². The highest BCUT2D eigenvalue weighted by molar-refractivity contribution is 6.09. The fourth-order valence-corrected chi connectivity index (χ4v) is 3.80. The third-order valence-corrected chi connectivity index (χ3v) is 5.41. The van der Waals surface area contributed by atoms with E-state index in [1.807, 2.05) is 17.0 Å². The number of rotatable bonds is 5. The van der Waals surface area contributed by atoms with Gasteiger partial charge in [-0.1, -0.05) is 12.2 Å². The van der Waals surface area contributed by atoms with Gasteiger partial charge in [0.05, 0.1) is 33.5 Å². The highest BCUT2D eigenvalue weighted by Gasteiger charge is 2.30. The number of nitrogens with zero attached hydrogens (tertiary/aromatic N) is 5. The van der Waals surface area contributed by atoms with Crippen LogP contribution in [0.3, 0.4) is 0 Å². The molecule has 1 atom stereocenters. The number of nitrogens with two attached hydrogens (primary N) is 1. The summed E-state index contributed by atoms with van der Waals surface area (Å²) in [5, 5.41) is 5.31. The molecule has 1 fully saturated rings. The van der Waals surface area contributed by atoms with E-state index in [1.54, 1.807) is 25.0 Å². The van der Waals surface area contributed by atoms with Gasteiger partial charge in [-0.25, -0.2) is 14.6 Å². The minimum absolute atomic E-state index is 0.0269. The first-order valence-corrected chi connectivity index (χ1v) is 10.3. The predicted octanol–water partition coefficient (Wildman–Crippen LogP) is 1.58. The number of fused-ring (bicyclic) bond motifs is 1. The van der Waals surface area contributed by atoms with Crippen LogP contribution in [0, 0.1) is 11.8 Å². The lowest BCUT2D eigenvalue weighted by Gasteiger charge is -2.16. The lowest BCUT2D eigenvalue weighted by molar-refractivity contribution is -0.129. The highest BCUT2D eigenvalue weighted by Crippen LogP contribution is 2.29. The van der Waals surface area contributed by atoms with Crippen molar-refractivity contribution >= 4 is 30.6 Å². The van der Waals surface area contributed by atoms with Crippen molar-refractivity contribution in [3.05, 3.63) is 35.8 Å². The van der Waals surface area contributed by atoms with E-state index in [2.05, 4.69) is 21.8 Å². The maximum absolute atomic E-state index is 12.2. The standard InChI is InChI=1S/C22H23BN6O3/c1-31-16-9-14(10-17(11-16)32-2)3-4-18-20-21(24)25-13-26-22(20)29(27-18)15-6-8-28(12-15)19(30)5-7-23/h9-11,13,15H,5-8,12H2,1-2H3,(H2,24,25,26)/t15-/m0/s1. The minimum Gasteiger partial charge on any atom is -0.497 e. The van der Waals surface area contributed by atoms with Gasteiger partial charge in [0, 0.05) is 31.1 Å². The second-order valence-corrected chi connectivity index (χ2v) is 7.42. The molecule has 32 heavy (non-hydrogen) atoms. The molecule has 2 aromatic heterocycles. The van der Waals surface area contributed by atoms with Gasteiger partial charge in [-0.15, -0.1) is 0 Å². The first-order chi connectivity index (χ1) is 15.5. The number of nitrogen functional groups attached to an aromatic ring is 1. The lowest BCUT2D eigenvalue weighted by Crippen LogP contribution is -2.29. The molecule has 2 N–H and O–H groups in total. The molecule has 1 aliphatic rings. The van der Waals surface area contributed by atoms with Gasteiger partial charge in [-0.05, 0) is 24.5 Å². The molecule has 0 bridgehead atoms. The van der Waals surface area contributed by atoms with Crippen molar-refractivity contribution in [3.63, 3.8) is 0 Å². The highest BCUT2D eigenvalue weighted by atomic mass is 16.5. The summed E-state index contributed by atoms with van der Waals surface area (Å²) in [6.07, 6.45) is 2.84. The molecule has 3 aromatic rings. The number of benzene rings is 1. The van der Waals surface area contributed by atoms with Crippen molar-refractivity contribution in [2.45, 2.75) is 25.2 Å². The van der Waals surface area contributed by atoms with E-state index in [9.17, 15) is 4.79 Å². The third kappa shape index (κ3) is 4.19. The maximum Gasteiger partial charge on any atom is 0.221 e. The molecule has 0 saturated carbocycles. The Hall–Kier alpha value is -3.74. The summed E-state index contributed by atoms with van der Waals surface area (Å²) in [5.41, 5.74) is 7.94. The van der Waals surface area contributed by atoms with E-state index in [1.165, 1.54) is 6.33 Å². The van der Waals surface area contributed by atoms with Crippen LogP contribution in [0.15, 0.2) is 24.5 Å². The van der Waals surface area contributed by atoms with Crippen molar-refractivity contribution in [1.29, 1.82) is 0 Å². The van der Waals surface area contributed by atoms with Crippen molar-refractivity contribution in [3.8, 4) is 23.3 Å². The molecule has 0 aliphatic carbocycles. The molecule has 1 aliphatic heterocycles. The number of aromatic nitrogens is 4. The van der Waals surface area contributed by atoms with Gasteiger partial charge in [0.2, 0.25) is 5.91 Å². The number of carbonyl (C=O) groups excluding carboxylic acids is 1. The molecular formula is C22H23BN6O3. The Balaban J connectivity index is 1.71. The van der Waals surface area contributed by atoms with E-state index in [-0.39, 0.29) is 11.9 Å². The molecule has 3 heterocycles. The zero-order valence-electron chi connectivity index (χ0n) is 18.0. The van der Waals surface area contributed by atoms with E-state index in [0.29, 0.717) is 65.4 Å². The van der Waals surface area contributed by atoms with Crippen LogP contribution in [0.2, 0.25) is 6.32 Å². The van der Waals surface area contributed by atoms with Crippen LogP contribution in [0.5, 0.6) is 11.5 Å². The van der Waals surface area contributed by atoms with Gasteiger partial charge in [0.25, 0.3) is 0 Å². The second-order valence-electron chi connectivity index (χ2n) is 7.42. The summed E-state index contributed by atoms with van der Waals surface area (Å²) >= 11 is 0. The average molecular weight is 430 g/mol. The number of amides is 1. The summed E-state index contributed by atoms with van der Waals surface area (Å²) in [6.45, 7) is 1.19. The summed E-state index contributed by atoms with van der Waals surface area (Å²) in [4.78, 5) is 22.6. The minimum atomic E-state index is -0.0269. The average Bonchev–Trinajstić information content (AvgIpc) is 3.43. The predicted molar refractivity (Wildman–Crippen MR) is 121 cm³/mol. The number of likely N-dealkylation sites (tertiary alicyclic amines) is 1. The Bertz CT molecular complexity index is 1190. The molecule has 1 amide bonds. The zero-order chi connectivity index (χ0) is 22.7. The number of anilines is 1. The van der Waals surface area contributed by atoms with E-state index in [0.717, 1.165) is 6.42 Å². The van der Waals surface area contributed by atoms with E-state index < -0.39 is 0 Å². The van der Waals surface area contributed by atoms with E-state index >= 15 is 0 Å². The number of hydrogen-bond donors (Lipinski definition) is 1. The summed E-state index contributed by atoms with van der Waals surface area (Å²) in [6, 6.07) is 5.37. The largest absolute Gasteiger partial charge is 0.497 e. The normalized spacial score (nSPS) is 15.4. The quantitative estimate of drug-likeness (QED) is 0.484. The zero-order valence-corrected chi connectivity index (χ0v) is 18.0. The van der Waals surface area contributed by atoms with E-state index in [4.69, 9.17) is 28.2 Å². The Labute approximate surface area is 187 Å². The fourth-order valence-electron chi connectivity index (χ4n) is 3.80. The van der Waals surface area contributed by atoms with Crippen LogP contribution in [0.1, 0.15) is 30.1 Å². The topological polar surface area (TPSA) is 108 Å². The van der Waals surface area contributed by atoms with Crippen molar-refractivity contribution in [2.24, 2.45) is 0 Å². The van der Waals surface area contributed by atoms with Gasteiger partial charge in [0.1, 0.15) is 29.3 Å². The van der Waals surface area contributed by atoms with Crippen molar-refractivity contribution < 1.29 is 14.3 Å². The van der Waals surface area contributed by atoms with Gasteiger partial charge in [0.15, 0.2) is 5.65 Å². The first-order valence-electron chi connectivity index (χ1n) is 10.3. The second kappa shape index (κ2) is 9.18. The molecule has 0 unspecified atom stereocenters. The number of carbonyl (C=O) groups is 1. The number of methoxy groups -OCH3 is 2. The van der Waals surface area contributed by atoms with Crippen LogP contribution in [-0.2, 0) is 4.79 Å². The number of hydrogen-bond acceptors (Lipinski definition) is 7. The molecule has 1 aromatic carbocycles. The lowest BCUT2D eigenvalue weighted by atomic mass is 10.0. The summed E-state index contributed by atoms with van der Waals surface area (Å²) < 4.78 is 12.4. The molecule has 0 spiro atoms. The smallest absolute Gasteiger partial charge is 0.221 e. The molecule has 162 valence electrons. The Morgan fingerprint density at radius 2 is 1.97 bits per heavy atom. The molecular weight excluding hydrogens is 407 g/mol. The monoisotopic (exact) mass is 430 g/mol. The third-order valence-electron chi connectivity index (χ3n) is 5.41. The Kier molecular flexibility index (Phi) is 6.17. The van der Waals surface area contributed by atoms with Crippen LogP contribution in [-0.4, -0.2) is 65.7 Å². The van der Waals surface area contributed by atoms with Crippen LogP contribution < -0.4 is 15.2 Å². The Morgan fingerprint density at radius 3 is 2.66 bits per heavy atom. The molecule has 2 radical (unpaired) electrons. The van der Waals surface area contributed by atoms with Gasteiger partial charge < -0.3 is 20.1 Å². The molecule has 9 nitrogen and oxygen atoms in total. The summed E-state index contributed by atoms with van der Waals surface area (Å²) in [7, 11) is 8.70. The molecule has 1 saturated heterocycles.